The van der Waals surface area contributed by atoms with Gasteiger partial charge in [-0.1, -0.05) is 29.8 Å². The van der Waals surface area contributed by atoms with Crippen LogP contribution in [0.2, 0.25) is 5.02 Å². The normalized spacial score (nSPS) is 12.2. The molecule has 0 spiro atoms. The number of nitrogen functional groups attached to an aromatic ring is 1. The van der Waals surface area contributed by atoms with Crippen molar-refractivity contribution in [1.82, 2.24) is 0 Å². The highest BCUT2D eigenvalue weighted by Gasteiger charge is 2.16. The van der Waals surface area contributed by atoms with Crippen molar-refractivity contribution in [2.24, 2.45) is 0 Å². The second-order valence-corrected chi connectivity index (χ2v) is 4.95. The summed E-state index contributed by atoms with van der Waals surface area (Å²) in [4.78, 5) is 1.93. The number of halogens is 2. The Labute approximate surface area is 117 Å². The molecule has 0 aliphatic rings. The molecule has 0 saturated carbocycles. The summed E-state index contributed by atoms with van der Waals surface area (Å²) in [6.07, 6.45) is 0. The van der Waals surface area contributed by atoms with Gasteiger partial charge in [0.05, 0.1) is 17.4 Å². The second kappa shape index (κ2) is 5.49. The topological polar surface area (TPSA) is 29.3 Å². The summed E-state index contributed by atoms with van der Waals surface area (Å²) >= 11 is 5.99. The molecule has 2 aromatic carbocycles. The lowest BCUT2D eigenvalue weighted by atomic mass is 10.1. The predicted molar refractivity (Wildman–Crippen MR) is 79.1 cm³/mol. The minimum Gasteiger partial charge on any atom is -0.395 e. The van der Waals surface area contributed by atoms with E-state index in [0.29, 0.717) is 10.7 Å². The van der Waals surface area contributed by atoms with Gasteiger partial charge in [0.1, 0.15) is 5.82 Å². The van der Waals surface area contributed by atoms with E-state index in [1.165, 1.54) is 6.07 Å². The van der Waals surface area contributed by atoms with Gasteiger partial charge in [-0.2, -0.15) is 0 Å². The fraction of sp³-hybridized carbons (Fsp3) is 0.200. The van der Waals surface area contributed by atoms with Crippen molar-refractivity contribution in [3.8, 4) is 0 Å². The van der Waals surface area contributed by atoms with Gasteiger partial charge in [0.25, 0.3) is 0 Å². The van der Waals surface area contributed by atoms with Gasteiger partial charge >= 0.3 is 0 Å². The van der Waals surface area contributed by atoms with Gasteiger partial charge in [-0.15, -0.1) is 0 Å². The van der Waals surface area contributed by atoms with E-state index >= 15 is 0 Å². The van der Waals surface area contributed by atoms with Crippen molar-refractivity contribution in [2.75, 3.05) is 17.7 Å². The zero-order chi connectivity index (χ0) is 14.0. The molecule has 2 rings (SSSR count). The minimum absolute atomic E-state index is 0.0443. The fourth-order valence-corrected chi connectivity index (χ4v) is 2.23. The molecule has 0 amide bonds. The van der Waals surface area contributed by atoms with E-state index in [4.69, 9.17) is 17.3 Å². The summed E-state index contributed by atoms with van der Waals surface area (Å²) in [6.45, 7) is 2.02. The van der Waals surface area contributed by atoms with Gasteiger partial charge in [-0.25, -0.2) is 4.39 Å². The van der Waals surface area contributed by atoms with Crippen molar-refractivity contribution in [3.05, 3.63) is 58.9 Å². The van der Waals surface area contributed by atoms with E-state index in [1.54, 1.807) is 12.1 Å². The third kappa shape index (κ3) is 2.82. The van der Waals surface area contributed by atoms with Crippen LogP contribution >= 0.6 is 11.6 Å². The van der Waals surface area contributed by atoms with Crippen LogP contribution in [0.15, 0.2) is 42.5 Å². The van der Waals surface area contributed by atoms with Crippen LogP contribution in [-0.2, 0) is 0 Å². The van der Waals surface area contributed by atoms with Crippen LogP contribution in [0.4, 0.5) is 15.8 Å². The lowest BCUT2D eigenvalue weighted by molar-refractivity contribution is 0.630. The molecule has 0 saturated heterocycles. The van der Waals surface area contributed by atoms with E-state index in [-0.39, 0.29) is 11.7 Å². The quantitative estimate of drug-likeness (QED) is 0.850. The molecule has 1 atom stereocenters. The molecule has 0 bridgehead atoms. The SMILES string of the molecule is CC(c1cccc(Cl)c1)N(C)c1cccc(F)c1N. The summed E-state index contributed by atoms with van der Waals surface area (Å²) in [5.41, 5.74) is 7.68. The Hall–Kier alpha value is -1.74. The van der Waals surface area contributed by atoms with Gasteiger partial charge in [0.15, 0.2) is 0 Å². The zero-order valence-electron chi connectivity index (χ0n) is 10.9. The Morgan fingerprint density at radius 2 is 1.89 bits per heavy atom. The number of anilines is 2. The van der Waals surface area contributed by atoms with Crippen LogP contribution in [0.3, 0.4) is 0 Å². The standard InChI is InChI=1S/C15H16ClFN2/c1-10(11-5-3-6-12(16)9-11)19(2)14-8-4-7-13(17)15(14)18/h3-10H,18H2,1-2H3. The Morgan fingerprint density at radius 3 is 2.58 bits per heavy atom. The van der Waals surface area contributed by atoms with E-state index < -0.39 is 5.82 Å². The molecular formula is C15H16ClFN2. The maximum Gasteiger partial charge on any atom is 0.148 e. The number of rotatable bonds is 3. The number of benzene rings is 2. The lowest BCUT2D eigenvalue weighted by Gasteiger charge is -2.28. The first-order valence-electron chi connectivity index (χ1n) is 6.03. The summed E-state index contributed by atoms with van der Waals surface area (Å²) in [6, 6.07) is 12.5. The first-order valence-corrected chi connectivity index (χ1v) is 6.41. The summed E-state index contributed by atoms with van der Waals surface area (Å²) < 4.78 is 13.5. The zero-order valence-corrected chi connectivity index (χ0v) is 11.7. The summed E-state index contributed by atoms with van der Waals surface area (Å²) in [7, 11) is 1.89. The van der Waals surface area contributed by atoms with Crippen molar-refractivity contribution < 1.29 is 4.39 Å². The number of hydrogen-bond acceptors (Lipinski definition) is 2. The molecule has 2 aromatic rings. The highest BCUT2D eigenvalue weighted by Crippen LogP contribution is 2.31. The van der Waals surface area contributed by atoms with Crippen LogP contribution in [0.1, 0.15) is 18.5 Å². The first kappa shape index (κ1) is 13.7. The van der Waals surface area contributed by atoms with Crippen LogP contribution < -0.4 is 10.6 Å². The van der Waals surface area contributed by atoms with Crippen LogP contribution in [0.25, 0.3) is 0 Å². The van der Waals surface area contributed by atoms with E-state index in [0.717, 1.165) is 5.56 Å². The predicted octanol–water partition coefficient (Wildman–Crippen LogP) is 4.26. The number of para-hydroxylation sites is 1. The number of nitrogens with two attached hydrogens (primary N) is 1. The van der Waals surface area contributed by atoms with Gasteiger partial charge in [0.2, 0.25) is 0 Å². The third-order valence-electron chi connectivity index (χ3n) is 3.32. The average molecular weight is 279 g/mol. The molecule has 4 heteroatoms. The molecule has 0 aliphatic carbocycles. The Balaban J connectivity index is 2.33. The highest BCUT2D eigenvalue weighted by atomic mass is 35.5. The monoisotopic (exact) mass is 278 g/mol. The maximum absolute atomic E-state index is 13.5. The lowest BCUT2D eigenvalue weighted by Crippen LogP contribution is -2.22. The van der Waals surface area contributed by atoms with Crippen LogP contribution in [-0.4, -0.2) is 7.05 Å². The average Bonchev–Trinajstić information content (AvgIpc) is 2.40. The number of hydrogen-bond donors (Lipinski definition) is 1. The van der Waals surface area contributed by atoms with Gasteiger partial charge < -0.3 is 10.6 Å². The van der Waals surface area contributed by atoms with E-state index in [2.05, 4.69) is 0 Å². The smallest absolute Gasteiger partial charge is 0.148 e. The molecule has 0 heterocycles. The van der Waals surface area contributed by atoms with Crippen molar-refractivity contribution >= 4 is 23.0 Å². The summed E-state index contributed by atoms with van der Waals surface area (Å²) in [5.74, 6) is -0.400. The Bertz CT molecular complexity index is 586. The van der Waals surface area contributed by atoms with Crippen LogP contribution in [0.5, 0.6) is 0 Å². The molecule has 0 aromatic heterocycles. The second-order valence-electron chi connectivity index (χ2n) is 4.51. The van der Waals surface area contributed by atoms with Crippen LogP contribution in [0, 0.1) is 5.82 Å². The third-order valence-corrected chi connectivity index (χ3v) is 3.56. The Kier molecular flexibility index (Phi) is 3.96. The molecule has 2 nitrogen and oxygen atoms in total. The molecule has 2 N–H and O–H groups in total. The number of nitrogens with zero attached hydrogens (tertiary/aromatic N) is 1. The van der Waals surface area contributed by atoms with Gasteiger partial charge in [-0.3, -0.25) is 0 Å². The highest BCUT2D eigenvalue weighted by molar-refractivity contribution is 6.30. The molecule has 0 aliphatic heterocycles. The van der Waals surface area contributed by atoms with Crippen molar-refractivity contribution in [1.29, 1.82) is 0 Å². The van der Waals surface area contributed by atoms with Crippen molar-refractivity contribution in [2.45, 2.75) is 13.0 Å². The van der Waals surface area contributed by atoms with Gasteiger partial charge in [0, 0.05) is 12.1 Å². The molecule has 0 radical (unpaired) electrons. The van der Waals surface area contributed by atoms with Crippen molar-refractivity contribution in [3.63, 3.8) is 0 Å². The first-order chi connectivity index (χ1) is 9.00. The Morgan fingerprint density at radius 1 is 1.21 bits per heavy atom. The molecule has 19 heavy (non-hydrogen) atoms. The molecular weight excluding hydrogens is 263 g/mol. The maximum atomic E-state index is 13.5. The fourth-order valence-electron chi connectivity index (χ4n) is 2.03. The molecule has 1 unspecified atom stereocenters. The minimum atomic E-state index is -0.400. The summed E-state index contributed by atoms with van der Waals surface area (Å²) in [5, 5.41) is 0.685. The van der Waals surface area contributed by atoms with E-state index in [9.17, 15) is 4.39 Å². The molecule has 0 fully saturated rings. The van der Waals surface area contributed by atoms with E-state index in [1.807, 2.05) is 43.1 Å². The van der Waals surface area contributed by atoms with Gasteiger partial charge in [-0.05, 0) is 36.8 Å². The largest absolute Gasteiger partial charge is 0.395 e. The molecule has 100 valence electrons.